The quantitative estimate of drug-likeness (QED) is 0.911. The first-order valence-electron chi connectivity index (χ1n) is 8.22. The SMILES string of the molecule is CC[C@H]1CN(Cc2cn3ccccc3n2)CCN1C[C@@H](C)O. The van der Waals surface area contributed by atoms with E-state index in [9.17, 15) is 5.11 Å². The fourth-order valence-electron chi connectivity index (χ4n) is 3.36. The van der Waals surface area contributed by atoms with Gasteiger partial charge in [0, 0.05) is 51.2 Å². The number of fused-ring (bicyclic) bond motifs is 1. The molecule has 1 aliphatic rings. The number of piperazine rings is 1. The molecule has 0 aromatic carbocycles. The minimum atomic E-state index is -0.251. The number of imidazole rings is 1. The molecule has 0 saturated carbocycles. The molecular formula is C17H26N4O. The number of hydrogen-bond donors (Lipinski definition) is 1. The number of nitrogens with zero attached hydrogens (tertiary/aromatic N) is 4. The van der Waals surface area contributed by atoms with Gasteiger partial charge in [0.25, 0.3) is 0 Å². The van der Waals surface area contributed by atoms with Crippen molar-refractivity contribution in [1.29, 1.82) is 0 Å². The molecule has 3 heterocycles. The zero-order valence-electron chi connectivity index (χ0n) is 13.5. The highest BCUT2D eigenvalue weighted by molar-refractivity contribution is 5.39. The van der Waals surface area contributed by atoms with Gasteiger partial charge in [-0.2, -0.15) is 0 Å². The van der Waals surface area contributed by atoms with Gasteiger partial charge in [-0.1, -0.05) is 13.0 Å². The highest BCUT2D eigenvalue weighted by atomic mass is 16.3. The molecule has 1 aliphatic heterocycles. The Kier molecular flexibility index (Phi) is 4.76. The summed E-state index contributed by atoms with van der Waals surface area (Å²) in [5.74, 6) is 0. The van der Waals surface area contributed by atoms with Crippen LogP contribution in [0.15, 0.2) is 30.6 Å². The number of pyridine rings is 1. The fourth-order valence-corrected chi connectivity index (χ4v) is 3.36. The maximum absolute atomic E-state index is 9.63. The molecule has 0 spiro atoms. The highest BCUT2D eigenvalue weighted by Gasteiger charge is 2.26. The molecule has 2 aromatic heterocycles. The van der Waals surface area contributed by atoms with Crippen LogP contribution >= 0.6 is 0 Å². The molecular weight excluding hydrogens is 276 g/mol. The number of β-amino-alcohol motifs (C(OH)–C–C–N with tert-alkyl or cyclic N) is 1. The maximum Gasteiger partial charge on any atom is 0.137 e. The lowest BCUT2D eigenvalue weighted by Crippen LogP contribution is -2.54. The molecule has 1 saturated heterocycles. The average molecular weight is 302 g/mol. The van der Waals surface area contributed by atoms with Gasteiger partial charge in [0.15, 0.2) is 0 Å². The topological polar surface area (TPSA) is 44.0 Å². The lowest BCUT2D eigenvalue weighted by molar-refractivity contribution is 0.0334. The first-order chi connectivity index (χ1) is 10.7. The molecule has 5 heteroatoms. The molecule has 1 fully saturated rings. The molecule has 0 bridgehead atoms. The predicted octanol–water partition coefficient (Wildman–Crippen LogP) is 1.61. The van der Waals surface area contributed by atoms with E-state index in [4.69, 9.17) is 4.98 Å². The molecule has 0 aliphatic carbocycles. The second kappa shape index (κ2) is 6.77. The van der Waals surface area contributed by atoms with Crippen LogP contribution in [0.2, 0.25) is 0 Å². The third kappa shape index (κ3) is 3.48. The zero-order chi connectivity index (χ0) is 15.5. The molecule has 3 rings (SSSR count). The third-order valence-corrected chi connectivity index (χ3v) is 4.46. The Morgan fingerprint density at radius 3 is 2.95 bits per heavy atom. The Bertz CT molecular complexity index is 576. The van der Waals surface area contributed by atoms with Crippen molar-refractivity contribution in [2.75, 3.05) is 26.2 Å². The Balaban J connectivity index is 1.64. The van der Waals surface area contributed by atoms with Crippen LogP contribution < -0.4 is 0 Å². The lowest BCUT2D eigenvalue weighted by atomic mass is 10.1. The van der Waals surface area contributed by atoms with Gasteiger partial charge in [-0.05, 0) is 25.5 Å². The van der Waals surface area contributed by atoms with Crippen molar-refractivity contribution < 1.29 is 5.11 Å². The van der Waals surface area contributed by atoms with Crippen molar-refractivity contribution in [1.82, 2.24) is 19.2 Å². The Labute approximate surface area is 132 Å². The monoisotopic (exact) mass is 302 g/mol. The van der Waals surface area contributed by atoms with Crippen LogP contribution in [-0.4, -0.2) is 62.6 Å². The van der Waals surface area contributed by atoms with Gasteiger partial charge in [-0.25, -0.2) is 4.98 Å². The molecule has 22 heavy (non-hydrogen) atoms. The smallest absolute Gasteiger partial charge is 0.137 e. The van der Waals surface area contributed by atoms with Gasteiger partial charge < -0.3 is 9.51 Å². The molecule has 5 nitrogen and oxygen atoms in total. The first kappa shape index (κ1) is 15.5. The van der Waals surface area contributed by atoms with E-state index in [2.05, 4.69) is 27.3 Å². The lowest BCUT2D eigenvalue weighted by Gasteiger charge is -2.41. The Hall–Kier alpha value is -1.43. The Morgan fingerprint density at radius 1 is 1.36 bits per heavy atom. The van der Waals surface area contributed by atoms with E-state index >= 15 is 0 Å². The molecule has 0 radical (unpaired) electrons. The van der Waals surface area contributed by atoms with Crippen LogP contribution in [0.4, 0.5) is 0 Å². The van der Waals surface area contributed by atoms with Crippen molar-refractivity contribution in [3.63, 3.8) is 0 Å². The largest absolute Gasteiger partial charge is 0.392 e. The van der Waals surface area contributed by atoms with Gasteiger partial charge in [0.05, 0.1) is 11.8 Å². The van der Waals surface area contributed by atoms with E-state index in [1.165, 1.54) is 0 Å². The second-order valence-electron chi connectivity index (χ2n) is 6.34. The number of aliphatic hydroxyl groups excluding tert-OH is 1. The van der Waals surface area contributed by atoms with Crippen molar-refractivity contribution in [2.24, 2.45) is 0 Å². The van der Waals surface area contributed by atoms with E-state index in [1.54, 1.807) is 0 Å². The van der Waals surface area contributed by atoms with Crippen LogP contribution in [0.3, 0.4) is 0 Å². The van der Waals surface area contributed by atoms with E-state index in [0.29, 0.717) is 6.04 Å². The van der Waals surface area contributed by atoms with Gasteiger partial charge in [-0.15, -0.1) is 0 Å². The number of aromatic nitrogens is 2. The summed E-state index contributed by atoms with van der Waals surface area (Å²) >= 11 is 0. The maximum atomic E-state index is 9.63. The molecule has 0 unspecified atom stereocenters. The molecule has 0 amide bonds. The summed E-state index contributed by atoms with van der Waals surface area (Å²) in [4.78, 5) is 9.59. The number of hydrogen-bond acceptors (Lipinski definition) is 4. The van der Waals surface area contributed by atoms with Crippen molar-refractivity contribution in [3.05, 3.63) is 36.3 Å². The van der Waals surface area contributed by atoms with Crippen LogP contribution in [0.5, 0.6) is 0 Å². The molecule has 2 aromatic rings. The van der Waals surface area contributed by atoms with Crippen LogP contribution in [0.1, 0.15) is 26.0 Å². The first-order valence-corrected chi connectivity index (χ1v) is 8.22. The fraction of sp³-hybridized carbons (Fsp3) is 0.588. The van der Waals surface area contributed by atoms with E-state index in [1.807, 2.05) is 31.3 Å². The van der Waals surface area contributed by atoms with Gasteiger partial charge >= 0.3 is 0 Å². The number of aliphatic hydroxyl groups is 1. The van der Waals surface area contributed by atoms with Gasteiger partial charge in [0.1, 0.15) is 5.65 Å². The predicted molar refractivity (Wildman–Crippen MR) is 87.8 cm³/mol. The van der Waals surface area contributed by atoms with E-state index < -0.39 is 0 Å². The zero-order valence-corrected chi connectivity index (χ0v) is 13.5. The molecule has 1 N–H and O–H groups in total. The van der Waals surface area contributed by atoms with Gasteiger partial charge in [0.2, 0.25) is 0 Å². The van der Waals surface area contributed by atoms with Crippen LogP contribution in [0.25, 0.3) is 5.65 Å². The van der Waals surface area contributed by atoms with Gasteiger partial charge in [-0.3, -0.25) is 9.80 Å². The second-order valence-corrected chi connectivity index (χ2v) is 6.34. The van der Waals surface area contributed by atoms with Crippen molar-refractivity contribution >= 4 is 5.65 Å². The van der Waals surface area contributed by atoms with Crippen molar-refractivity contribution in [3.8, 4) is 0 Å². The summed E-state index contributed by atoms with van der Waals surface area (Å²) in [6.07, 6.45) is 5.03. The number of rotatable bonds is 5. The summed E-state index contributed by atoms with van der Waals surface area (Å²) in [6.45, 7) is 8.90. The van der Waals surface area contributed by atoms with Crippen molar-refractivity contribution in [2.45, 2.75) is 39.0 Å². The van der Waals surface area contributed by atoms with Crippen LogP contribution in [-0.2, 0) is 6.54 Å². The average Bonchev–Trinajstić information content (AvgIpc) is 2.90. The minimum absolute atomic E-state index is 0.251. The summed E-state index contributed by atoms with van der Waals surface area (Å²) in [6, 6.07) is 6.62. The standard InChI is InChI=1S/C17H26N4O/c1-3-16-13-19(8-9-20(16)10-14(2)22)11-15-12-21-7-5-4-6-17(21)18-15/h4-7,12,14,16,22H,3,8-11,13H2,1-2H3/t14-,16+/m1/s1. The third-order valence-electron chi connectivity index (χ3n) is 4.46. The highest BCUT2D eigenvalue weighted by Crippen LogP contribution is 2.16. The van der Waals surface area contributed by atoms with E-state index in [0.717, 1.165) is 50.5 Å². The minimum Gasteiger partial charge on any atom is -0.392 e. The van der Waals surface area contributed by atoms with E-state index in [-0.39, 0.29) is 6.10 Å². The van der Waals surface area contributed by atoms with Crippen LogP contribution in [0, 0.1) is 0 Å². The summed E-state index contributed by atoms with van der Waals surface area (Å²) in [5.41, 5.74) is 2.14. The molecule has 2 atom stereocenters. The Morgan fingerprint density at radius 2 is 2.23 bits per heavy atom. The molecule has 120 valence electrons. The summed E-state index contributed by atoms with van der Waals surface area (Å²) in [5, 5.41) is 9.63. The normalized spacial score (nSPS) is 22.2. The summed E-state index contributed by atoms with van der Waals surface area (Å²) in [7, 11) is 0. The summed E-state index contributed by atoms with van der Waals surface area (Å²) < 4.78 is 2.08.